The van der Waals surface area contributed by atoms with Gasteiger partial charge in [-0.25, -0.2) is 12.8 Å². The van der Waals surface area contributed by atoms with Gasteiger partial charge in [-0.15, -0.1) is 0 Å². The molecule has 132 valence electrons. The first-order valence-corrected chi connectivity index (χ1v) is 10.4. The Morgan fingerprint density at radius 1 is 1.12 bits per heavy atom. The summed E-state index contributed by atoms with van der Waals surface area (Å²) in [5.41, 5.74) is 0.767. The van der Waals surface area contributed by atoms with E-state index in [0.717, 1.165) is 37.4 Å². The van der Waals surface area contributed by atoms with Gasteiger partial charge in [-0.05, 0) is 62.1 Å². The number of hydrogen-bond acceptors (Lipinski definition) is 3. The van der Waals surface area contributed by atoms with Crippen molar-refractivity contribution in [1.29, 1.82) is 0 Å². The Hall–Kier alpha value is -0.980. The van der Waals surface area contributed by atoms with Gasteiger partial charge in [0.2, 0.25) is 10.0 Å². The highest BCUT2D eigenvalue weighted by Gasteiger charge is 2.41. The molecule has 1 aliphatic carbocycles. The highest BCUT2D eigenvalue weighted by Crippen LogP contribution is 2.36. The van der Waals surface area contributed by atoms with Crippen LogP contribution < -0.4 is 0 Å². The number of benzene rings is 1. The molecule has 1 aromatic rings. The minimum atomic E-state index is -3.77. The zero-order valence-corrected chi connectivity index (χ0v) is 14.9. The minimum absolute atomic E-state index is 0.169. The molecule has 0 spiro atoms. The first-order chi connectivity index (χ1) is 11.4. The standard InChI is InChI=1S/C18H25FN2O2S/c1-13-2-7-17(19)18(8-13)24(22,23)21-11-15-5-6-16(12-21)20(10-15)9-14-3-4-14/h2,7-8,14-16H,3-6,9-12H2,1H3/t15-,16-/m0/s1. The Bertz CT molecular complexity index is 733. The van der Waals surface area contributed by atoms with Crippen LogP contribution in [0.3, 0.4) is 0 Å². The summed E-state index contributed by atoms with van der Waals surface area (Å²) in [4.78, 5) is 2.33. The summed E-state index contributed by atoms with van der Waals surface area (Å²) in [5, 5.41) is 0. The third-order valence-corrected chi connectivity index (χ3v) is 7.53. The Morgan fingerprint density at radius 3 is 2.67 bits per heavy atom. The second-order valence-corrected chi connectivity index (χ2v) is 9.66. The number of piperidine rings is 1. The van der Waals surface area contributed by atoms with Crippen LogP contribution in [0.5, 0.6) is 0 Å². The maximum Gasteiger partial charge on any atom is 0.246 e. The van der Waals surface area contributed by atoms with E-state index in [1.807, 2.05) is 0 Å². The van der Waals surface area contributed by atoms with Crippen LogP contribution in [0.1, 0.15) is 31.2 Å². The zero-order chi connectivity index (χ0) is 16.9. The van der Waals surface area contributed by atoms with E-state index in [4.69, 9.17) is 0 Å². The number of sulfonamides is 1. The van der Waals surface area contributed by atoms with Crippen LogP contribution in [0, 0.1) is 24.6 Å². The lowest BCUT2D eigenvalue weighted by Crippen LogP contribution is -2.45. The molecule has 1 saturated carbocycles. The smallest absolute Gasteiger partial charge is 0.246 e. The fraction of sp³-hybridized carbons (Fsp3) is 0.667. The average molecular weight is 352 g/mol. The predicted octanol–water partition coefficient (Wildman–Crippen LogP) is 2.63. The summed E-state index contributed by atoms with van der Waals surface area (Å²) in [7, 11) is -3.77. The average Bonchev–Trinajstić information content (AvgIpc) is 3.37. The number of nitrogens with zero attached hydrogens (tertiary/aromatic N) is 2. The number of halogens is 1. The van der Waals surface area contributed by atoms with Gasteiger partial charge in [0.25, 0.3) is 0 Å². The summed E-state index contributed by atoms with van der Waals surface area (Å²) in [6.45, 7) is 4.91. The molecule has 0 radical (unpaired) electrons. The van der Waals surface area contributed by atoms with Crippen molar-refractivity contribution < 1.29 is 12.8 Å². The van der Waals surface area contributed by atoms with Gasteiger partial charge in [0.15, 0.2) is 0 Å². The SMILES string of the molecule is Cc1ccc(F)c(S(=O)(=O)N2C[C@H]3CC[C@@H](C2)N(CC2CC2)C3)c1. The molecular formula is C18H25FN2O2S. The Balaban J connectivity index is 1.60. The van der Waals surface area contributed by atoms with E-state index in [-0.39, 0.29) is 10.9 Å². The fourth-order valence-corrected chi connectivity index (χ4v) is 5.84. The molecule has 3 aliphatic heterocycles. The highest BCUT2D eigenvalue weighted by molar-refractivity contribution is 7.89. The van der Waals surface area contributed by atoms with E-state index in [9.17, 15) is 12.8 Å². The molecule has 0 unspecified atom stereocenters. The van der Waals surface area contributed by atoms with Gasteiger partial charge in [-0.3, -0.25) is 4.90 Å². The summed E-state index contributed by atoms with van der Waals surface area (Å²) in [6.07, 6.45) is 4.75. The molecule has 3 saturated heterocycles. The molecule has 1 aromatic carbocycles. The van der Waals surface area contributed by atoms with Crippen LogP contribution in [-0.2, 0) is 10.0 Å². The first kappa shape index (κ1) is 16.5. The summed E-state index contributed by atoms with van der Waals surface area (Å²) >= 11 is 0. The fourth-order valence-electron chi connectivity index (χ4n) is 4.14. The molecule has 0 N–H and O–H groups in total. The Morgan fingerprint density at radius 2 is 1.92 bits per heavy atom. The third kappa shape index (κ3) is 3.11. The molecular weight excluding hydrogens is 327 g/mol. The van der Waals surface area contributed by atoms with Gasteiger partial charge in [0.05, 0.1) is 0 Å². The van der Waals surface area contributed by atoms with Crippen LogP contribution in [-0.4, -0.2) is 49.8 Å². The van der Waals surface area contributed by atoms with Crippen molar-refractivity contribution in [3.8, 4) is 0 Å². The summed E-state index contributed by atoms with van der Waals surface area (Å²) < 4.78 is 41.8. The molecule has 5 rings (SSSR count). The Labute approximate surface area is 143 Å². The maximum atomic E-state index is 14.2. The van der Waals surface area contributed by atoms with Crippen molar-refractivity contribution >= 4 is 10.0 Å². The van der Waals surface area contributed by atoms with Crippen molar-refractivity contribution in [2.24, 2.45) is 11.8 Å². The summed E-state index contributed by atoms with van der Waals surface area (Å²) in [5.74, 6) is 0.529. The van der Waals surface area contributed by atoms with E-state index in [1.165, 1.54) is 25.0 Å². The van der Waals surface area contributed by atoms with Gasteiger partial charge in [0, 0.05) is 32.2 Å². The molecule has 24 heavy (non-hydrogen) atoms. The van der Waals surface area contributed by atoms with Gasteiger partial charge >= 0.3 is 0 Å². The number of aryl methyl sites for hydroxylation is 1. The molecule has 0 aromatic heterocycles. The quantitative estimate of drug-likeness (QED) is 0.836. The lowest BCUT2D eigenvalue weighted by Gasteiger charge is -2.36. The molecule has 6 heteroatoms. The number of rotatable bonds is 4. The van der Waals surface area contributed by atoms with Crippen molar-refractivity contribution in [2.75, 3.05) is 26.2 Å². The second kappa shape index (κ2) is 6.07. The van der Waals surface area contributed by atoms with Crippen LogP contribution in [0.25, 0.3) is 0 Å². The number of hydrogen-bond donors (Lipinski definition) is 0. The second-order valence-electron chi connectivity index (χ2n) is 7.75. The monoisotopic (exact) mass is 352 g/mol. The molecule has 4 nitrogen and oxygen atoms in total. The molecule has 2 bridgehead atoms. The molecule has 3 heterocycles. The van der Waals surface area contributed by atoms with Crippen LogP contribution in [0.15, 0.2) is 23.1 Å². The van der Waals surface area contributed by atoms with Crippen molar-refractivity contribution in [3.63, 3.8) is 0 Å². The number of fused-ring (bicyclic) bond motifs is 4. The molecule has 2 atom stereocenters. The molecule has 0 amide bonds. The van der Waals surface area contributed by atoms with E-state index in [2.05, 4.69) is 4.90 Å². The van der Waals surface area contributed by atoms with Gasteiger partial charge in [0.1, 0.15) is 10.7 Å². The largest absolute Gasteiger partial charge is 0.298 e. The maximum absolute atomic E-state index is 14.2. The van der Waals surface area contributed by atoms with E-state index in [1.54, 1.807) is 17.3 Å². The van der Waals surface area contributed by atoms with Crippen LogP contribution in [0.4, 0.5) is 4.39 Å². The third-order valence-electron chi connectivity index (χ3n) is 5.69. The Kier molecular flexibility index (Phi) is 4.17. The van der Waals surface area contributed by atoms with Crippen molar-refractivity contribution in [2.45, 2.75) is 43.5 Å². The molecule has 4 fully saturated rings. The van der Waals surface area contributed by atoms with Gasteiger partial charge in [-0.1, -0.05) is 6.07 Å². The van der Waals surface area contributed by atoms with Crippen molar-refractivity contribution in [1.82, 2.24) is 9.21 Å². The molecule has 4 aliphatic rings. The van der Waals surface area contributed by atoms with Crippen LogP contribution in [0.2, 0.25) is 0 Å². The van der Waals surface area contributed by atoms with E-state index in [0.29, 0.717) is 19.0 Å². The predicted molar refractivity (Wildman–Crippen MR) is 90.7 cm³/mol. The van der Waals surface area contributed by atoms with Gasteiger partial charge in [-0.2, -0.15) is 4.31 Å². The first-order valence-electron chi connectivity index (χ1n) is 8.94. The van der Waals surface area contributed by atoms with Gasteiger partial charge < -0.3 is 0 Å². The lowest BCUT2D eigenvalue weighted by molar-refractivity contribution is 0.127. The van der Waals surface area contributed by atoms with Crippen molar-refractivity contribution in [3.05, 3.63) is 29.6 Å². The van der Waals surface area contributed by atoms with Crippen LogP contribution >= 0.6 is 0 Å². The topological polar surface area (TPSA) is 40.6 Å². The van der Waals surface area contributed by atoms with E-state index >= 15 is 0 Å². The summed E-state index contributed by atoms with van der Waals surface area (Å²) in [6, 6.07) is 4.61. The lowest BCUT2D eigenvalue weighted by atomic mass is 9.95. The zero-order valence-electron chi connectivity index (χ0n) is 14.1. The van der Waals surface area contributed by atoms with E-state index < -0.39 is 15.8 Å². The minimum Gasteiger partial charge on any atom is -0.298 e. The highest BCUT2D eigenvalue weighted by atomic mass is 32.2. The normalized spacial score (nSPS) is 28.9.